The Morgan fingerprint density at radius 1 is 0.944 bits per heavy atom. The van der Waals surface area contributed by atoms with E-state index in [4.69, 9.17) is 9.97 Å². The van der Waals surface area contributed by atoms with Gasteiger partial charge in [0.2, 0.25) is 0 Å². The highest BCUT2D eigenvalue weighted by molar-refractivity contribution is 7.90. The van der Waals surface area contributed by atoms with Crippen LogP contribution < -0.4 is 0 Å². The summed E-state index contributed by atoms with van der Waals surface area (Å²) < 4.78 is 25.7. The van der Waals surface area contributed by atoms with E-state index in [2.05, 4.69) is 36.6 Å². The number of hydrogen-bond donors (Lipinski definition) is 0. The summed E-state index contributed by atoms with van der Waals surface area (Å²) >= 11 is 0. The third-order valence-electron chi connectivity index (χ3n) is 8.27. The molecule has 0 unspecified atom stereocenters. The van der Waals surface area contributed by atoms with Crippen molar-refractivity contribution in [2.24, 2.45) is 7.05 Å². The van der Waals surface area contributed by atoms with Crippen molar-refractivity contribution in [2.75, 3.05) is 32.4 Å². The lowest BCUT2D eigenvalue weighted by Gasteiger charge is -2.42. The van der Waals surface area contributed by atoms with Crippen LogP contribution in [0.2, 0.25) is 0 Å². The van der Waals surface area contributed by atoms with Gasteiger partial charge in [0.15, 0.2) is 15.5 Å². The van der Waals surface area contributed by atoms with Crippen LogP contribution in [-0.2, 0) is 16.9 Å². The van der Waals surface area contributed by atoms with Gasteiger partial charge in [0.25, 0.3) is 0 Å². The van der Waals surface area contributed by atoms with Crippen LogP contribution in [0.1, 0.15) is 56.7 Å². The number of rotatable bonds is 5. The highest BCUT2D eigenvalue weighted by Gasteiger charge is 2.30. The molecule has 2 aliphatic rings. The van der Waals surface area contributed by atoms with E-state index in [0.29, 0.717) is 16.9 Å². The maximum Gasteiger partial charge on any atom is 0.175 e. The molecule has 2 aromatic heterocycles. The van der Waals surface area contributed by atoms with Gasteiger partial charge in [-0.05, 0) is 109 Å². The lowest BCUT2D eigenvalue weighted by molar-refractivity contribution is 0.0750. The van der Waals surface area contributed by atoms with Gasteiger partial charge in [-0.3, -0.25) is 0 Å². The summed E-state index contributed by atoms with van der Waals surface area (Å²) in [7, 11) is -1.23. The average Bonchev–Trinajstić information content (AvgIpc) is 3.20. The van der Waals surface area contributed by atoms with Crippen LogP contribution in [0.15, 0.2) is 35.2 Å². The second-order valence-corrected chi connectivity index (χ2v) is 13.0. The minimum atomic E-state index is -3.22. The predicted octanol–water partition coefficient (Wildman–Crippen LogP) is 4.40. The third kappa shape index (κ3) is 4.95. The molecule has 0 bridgehead atoms. The Labute approximate surface area is 215 Å². The van der Waals surface area contributed by atoms with Crippen molar-refractivity contribution in [1.29, 1.82) is 0 Å². The molecule has 0 aliphatic carbocycles. The van der Waals surface area contributed by atoms with E-state index in [9.17, 15) is 8.42 Å². The molecule has 0 atom stereocenters. The quantitative estimate of drug-likeness (QED) is 0.508. The highest BCUT2D eigenvalue weighted by atomic mass is 32.2. The zero-order valence-corrected chi connectivity index (χ0v) is 23.1. The smallest absolute Gasteiger partial charge is 0.175 e. The van der Waals surface area contributed by atoms with Gasteiger partial charge in [0.05, 0.1) is 4.90 Å². The van der Waals surface area contributed by atoms with Crippen LogP contribution in [0.4, 0.5) is 0 Å². The summed E-state index contributed by atoms with van der Waals surface area (Å²) in [5.41, 5.74) is 5.03. The maximum absolute atomic E-state index is 11.8. The number of hydrogen-bond acceptors (Lipinski definition) is 6. The lowest BCUT2D eigenvalue weighted by Crippen LogP contribution is -2.48. The molecule has 8 heteroatoms. The zero-order chi connectivity index (χ0) is 25.6. The Hall–Kier alpha value is -2.29. The Morgan fingerprint density at radius 3 is 2.17 bits per heavy atom. The van der Waals surface area contributed by atoms with Crippen LogP contribution in [0.5, 0.6) is 0 Å². The number of pyridine rings is 1. The maximum atomic E-state index is 11.8. The number of aromatic nitrogens is 3. The fraction of sp³-hybridized carbons (Fsp3) is 0.571. The number of sulfone groups is 1. The van der Waals surface area contributed by atoms with Gasteiger partial charge < -0.3 is 14.4 Å². The largest absolute Gasteiger partial charge is 0.312 e. The van der Waals surface area contributed by atoms with Crippen LogP contribution in [0.3, 0.4) is 0 Å². The van der Waals surface area contributed by atoms with Gasteiger partial charge in [-0.1, -0.05) is 0 Å². The Kier molecular flexibility index (Phi) is 6.96. The summed E-state index contributed by atoms with van der Waals surface area (Å²) in [5, 5.41) is 0. The van der Waals surface area contributed by atoms with Crippen molar-refractivity contribution in [3.8, 4) is 11.4 Å². The van der Waals surface area contributed by atoms with E-state index in [1.807, 2.05) is 23.7 Å². The third-order valence-corrected chi connectivity index (χ3v) is 9.40. The monoisotopic (exact) mass is 509 g/mol. The summed E-state index contributed by atoms with van der Waals surface area (Å²) in [4.78, 5) is 15.6. The molecular formula is C28H39N5O2S. The Bertz CT molecular complexity index is 1330. The minimum absolute atomic E-state index is 0.318. The molecule has 2 aliphatic heterocycles. The molecule has 2 fully saturated rings. The molecule has 0 spiro atoms. The van der Waals surface area contributed by atoms with Gasteiger partial charge in [-0.25, -0.2) is 18.4 Å². The molecule has 5 rings (SSSR count). The molecule has 0 amide bonds. The number of fused-ring (bicyclic) bond motifs is 1. The van der Waals surface area contributed by atoms with Crippen molar-refractivity contribution in [3.05, 3.63) is 41.6 Å². The number of aryl methyl sites for hydroxylation is 2. The van der Waals surface area contributed by atoms with Crippen LogP contribution in [-0.4, -0.2) is 77.3 Å². The van der Waals surface area contributed by atoms with E-state index in [1.54, 1.807) is 12.1 Å². The molecule has 194 valence electrons. The second-order valence-electron chi connectivity index (χ2n) is 11.0. The van der Waals surface area contributed by atoms with E-state index < -0.39 is 9.84 Å². The van der Waals surface area contributed by atoms with Crippen molar-refractivity contribution >= 4 is 21.0 Å². The van der Waals surface area contributed by atoms with E-state index in [1.165, 1.54) is 37.9 Å². The van der Waals surface area contributed by atoms with Gasteiger partial charge >= 0.3 is 0 Å². The molecule has 2 saturated heterocycles. The minimum Gasteiger partial charge on any atom is -0.312 e. The number of imidazole rings is 1. The van der Waals surface area contributed by atoms with Crippen molar-refractivity contribution < 1.29 is 8.42 Å². The van der Waals surface area contributed by atoms with E-state index in [-0.39, 0.29) is 0 Å². The average molecular weight is 510 g/mol. The molecule has 0 saturated carbocycles. The normalized spacial score (nSPS) is 19.5. The molecule has 0 N–H and O–H groups in total. The second kappa shape index (κ2) is 9.88. The number of likely N-dealkylation sites (tertiary alicyclic amines) is 2. The highest BCUT2D eigenvalue weighted by Crippen LogP contribution is 2.33. The Morgan fingerprint density at radius 2 is 1.58 bits per heavy atom. The summed E-state index contributed by atoms with van der Waals surface area (Å²) in [6, 6.07) is 10.6. The SMILES string of the molecule is Cc1cc(C2CCN(C3CCN(C(C)C)CC3)CC2)nc2c1nc(-c1ccc(S(C)(=O)=O)cc1)n2C. The molecule has 1 aromatic carbocycles. The molecule has 36 heavy (non-hydrogen) atoms. The van der Waals surface area contributed by atoms with Crippen LogP contribution >= 0.6 is 0 Å². The van der Waals surface area contributed by atoms with Gasteiger partial charge in [0, 0.05) is 42.6 Å². The molecule has 4 heterocycles. The first-order valence-corrected chi connectivity index (χ1v) is 15.1. The molecule has 7 nitrogen and oxygen atoms in total. The van der Waals surface area contributed by atoms with E-state index in [0.717, 1.165) is 60.1 Å². The molecular weight excluding hydrogens is 470 g/mol. The van der Waals surface area contributed by atoms with Gasteiger partial charge in [0.1, 0.15) is 11.3 Å². The zero-order valence-electron chi connectivity index (χ0n) is 22.2. The number of benzene rings is 1. The summed E-state index contributed by atoms with van der Waals surface area (Å²) in [6.45, 7) is 11.5. The first-order valence-electron chi connectivity index (χ1n) is 13.2. The standard InChI is InChI=1S/C28H39N5O2S/c1-19(2)32-16-12-23(13-17-32)33-14-10-21(11-15-33)25-18-20(3)26-28(29-25)31(4)27(30-26)22-6-8-24(9-7-22)36(5,34)35/h6-9,18-19,21,23H,10-17H2,1-5H3. The summed E-state index contributed by atoms with van der Waals surface area (Å²) in [5.74, 6) is 1.29. The van der Waals surface area contributed by atoms with E-state index >= 15 is 0 Å². The van der Waals surface area contributed by atoms with Crippen molar-refractivity contribution in [2.45, 2.75) is 69.4 Å². The topological polar surface area (TPSA) is 71.3 Å². The fourth-order valence-corrected chi connectivity index (χ4v) is 6.60. The lowest BCUT2D eigenvalue weighted by atomic mass is 9.90. The van der Waals surface area contributed by atoms with Crippen LogP contribution in [0, 0.1) is 6.92 Å². The van der Waals surface area contributed by atoms with Crippen molar-refractivity contribution in [1.82, 2.24) is 24.3 Å². The molecule has 0 radical (unpaired) electrons. The number of nitrogens with zero attached hydrogens (tertiary/aromatic N) is 5. The first kappa shape index (κ1) is 25.4. The predicted molar refractivity (Wildman–Crippen MR) is 145 cm³/mol. The van der Waals surface area contributed by atoms with Gasteiger partial charge in [-0.15, -0.1) is 0 Å². The van der Waals surface area contributed by atoms with Crippen LogP contribution in [0.25, 0.3) is 22.6 Å². The Balaban J connectivity index is 1.32. The number of piperidine rings is 2. The summed E-state index contributed by atoms with van der Waals surface area (Å²) in [6.07, 6.45) is 6.11. The fourth-order valence-electron chi connectivity index (χ4n) is 5.97. The van der Waals surface area contributed by atoms with Crippen molar-refractivity contribution in [3.63, 3.8) is 0 Å². The van der Waals surface area contributed by atoms with Gasteiger partial charge in [-0.2, -0.15) is 0 Å². The first-order chi connectivity index (χ1) is 17.1. The molecule has 3 aromatic rings.